The molecule has 98 valence electrons. The highest BCUT2D eigenvalue weighted by molar-refractivity contribution is 5.93. The van der Waals surface area contributed by atoms with Gasteiger partial charge in [0.05, 0.1) is 11.8 Å². The molecule has 18 heavy (non-hydrogen) atoms. The minimum Gasteiger partial charge on any atom is -0.348 e. The summed E-state index contributed by atoms with van der Waals surface area (Å²) in [7, 11) is 0. The second-order valence-corrected chi connectivity index (χ2v) is 5.38. The van der Waals surface area contributed by atoms with Crippen molar-refractivity contribution in [3.63, 3.8) is 0 Å². The van der Waals surface area contributed by atoms with Crippen LogP contribution in [0.5, 0.6) is 0 Å². The number of H-pyrrole nitrogens is 1. The van der Waals surface area contributed by atoms with Gasteiger partial charge in [-0.3, -0.25) is 14.8 Å². The number of amides is 1. The molecular weight excluding hydrogens is 228 g/mol. The second-order valence-electron chi connectivity index (χ2n) is 5.38. The van der Waals surface area contributed by atoms with E-state index in [1.165, 1.54) is 25.7 Å². The highest BCUT2D eigenvalue weighted by atomic mass is 16.1. The first-order chi connectivity index (χ1) is 8.83. The van der Waals surface area contributed by atoms with E-state index in [1.54, 1.807) is 12.4 Å². The Bertz CT molecular complexity index is 397. The smallest absolute Gasteiger partial charge is 0.254 e. The predicted molar refractivity (Wildman–Crippen MR) is 68.3 cm³/mol. The van der Waals surface area contributed by atoms with Crippen LogP contribution >= 0.6 is 0 Å². The molecule has 1 aliphatic heterocycles. The predicted octanol–water partition coefficient (Wildman–Crippen LogP) is 1.16. The maximum atomic E-state index is 11.9. The summed E-state index contributed by atoms with van der Waals surface area (Å²) in [5.41, 5.74) is 0.620. The number of nitrogens with zero attached hydrogens (tertiary/aromatic N) is 2. The van der Waals surface area contributed by atoms with Crippen LogP contribution in [0.15, 0.2) is 12.4 Å². The fraction of sp³-hybridized carbons (Fsp3) is 0.692. The number of hydrogen-bond donors (Lipinski definition) is 2. The summed E-state index contributed by atoms with van der Waals surface area (Å²) in [5.74, 6) is -0.0120. The third-order valence-electron chi connectivity index (χ3n) is 4.16. The van der Waals surface area contributed by atoms with Crippen LogP contribution in [0.1, 0.15) is 42.5 Å². The van der Waals surface area contributed by atoms with Crippen molar-refractivity contribution in [3.05, 3.63) is 18.0 Å². The van der Waals surface area contributed by atoms with Crippen molar-refractivity contribution >= 4 is 5.91 Å². The van der Waals surface area contributed by atoms with Crippen LogP contribution in [-0.2, 0) is 0 Å². The van der Waals surface area contributed by atoms with Gasteiger partial charge in [0.2, 0.25) is 0 Å². The quantitative estimate of drug-likeness (QED) is 0.843. The first kappa shape index (κ1) is 11.7. The van der Waals surface area contributed by atoms with Crippen LogP contribution in [-0.4, -0.2) is 46.2 Å². The summed E-state index contributed by atoms with van der Waals surface area (Å²) in [4.78, 5) is 14.4. The van der Waals surface area contributed by atoms with Gasteiger partial charge in [0.15, 0.2) is 0 Å². The molecule has 2 aliphatic rings. The zero-order valence-corrected chi connectivity index (χ0v) is 10.6. The molecule has 1 saturated carbocycles. The molecule has 1 amide bonds. The topological polar surface area (TPSA) is 61.0 Å². The third kappa shape index (κ3) is 2.41. The molecule has 3 rings (SSSR count). The number of rotatable bonds is 3. The van der Waals surface area contributed by atoms with Gasteiger partial charge in [-0.1, -0.05) is 12.8 Å². The minimum absolute atomic E-state index is 0.0120. The number of hydrogen-bond acceptors (Lipinski definition) is 3. The van der Waals surface area contributed by atoms with E-state index in [0.29, 0.717) is 11.6 Å². The van der Waals surface area contributed by atoms with Gasteiger partial charge in [-0.2, -0.15) is 5.10 Å². The molecule has 5 nitrogen and oxygen atoms in total. The summed E-state index contributed by atoms with van der Waals surface area (Å²) < 4.78 is 0. The highest BCUT2D eigenvalue weighted by Crippen LogP contribution is 2.26. The monoisotopic (exact) mass is 248 g/mol. The Balaban J connectivity index is 1.51. The van der Waals surface area contributed by atoms with Crippen LogP contribution in [0.25, 0.3) is 0 Å². The Kier molecular flexibility index (Phi) is 3.32. The van der Waals surface area contributed by atoms with E-state index in [9.17, 15) is 4.79 Å². The van der Waals surface area contributed by atoms with E-state index in [-0.39, 0.29) is 5.91 Å². The summed E-state index contributed by atoms with van der Waals surface area (Å²) in [6.45, 7) is 2.13. The van der Waals surface area contributed by atoms with Gasteiger partial charge in [-0.25, -0.2) is 0 Å². The maximum absolute atomic E-state index is 11.9. The van der Waals surface area contributed by atoms with Crippen LogP contribution in [0.3, 0.4) is 0 Å². The second kappa shape index (κ2) is 5.10. The summed E-state index contributed by atoms with van der Waals surface area (Å²) >= 11 is 0. The molecule has 2 N–H and O–H groups in total. The summed E-state index contributed by atoms with van der Waals surface area (Å²) in [6.07, 6.45) is 9.68. The standard InChI is InChI=1S/C13H20N4O/c18-13(10-7-14-15-8-10)16-11-5-6-17(9-11)12-3-1-2-4-12/h7-8,11-12H,1-6,9H2,(H,14,15)(H,16,18). The lowest BCUT2D eigenvalue weighted by molar-refractivity contribution is 0.0936. The number of likely N-dealkylation sites (tertiary alicyclic amines) is 1. The van der Waals surface area contributed by atoms with Crippen LogP contribution in [0, 0.1) is 0 Å². The Morgan fingerprint density at radius 2 is 2.22 bits per heavy atom. The van der Waals surface area contributed by atoms with Gasteiger partial charge in [0, 0.05) is 31.4 Å². The molecule has 0 spiro atoms. The lowest BCUT2D eigenvalue weighted by Crippen LogP contribution is -2.39. The first-order valence-electron chi connectivity index (χ1n) is 6.86. The molecule has 1 saturated heterocycles. The van der Waals surface area contributed by atoms with E-state index >= 15 is 0 Å². The van der Waals surface area contributed by atoms with E-state index < -0.39 is 0 Å². The van der Waals surface area contributed by atoms with Gasteiger partial charge in [0.1, 0.15) is 0 Å². The highest BCUT2D eigenvalue weighted by Gasteiger charge is 2.30. The molecule has 1 aromatic rings. The maximum Gasteiger partial charge on any atom is 0.254 e. The average molecular weight is 248 g/mol. The van der Waals surface area contributed by atoms with Gasteiger partial charge in [-0.05, 0) is 19.3 Å². The van der Waals surface area contributed by atoms with Crippen LogP contribution in [0.4, 0.5) is 0 Å². The van der Waals surface area contributed by atoms with Crippen LogP contribution in [0.2, 0.25) is 0 Å². The van der Waals surface area contributed by atoms with E-state index in [0.717, 1.165) is 25.6 Å². The van der Waals surface area contributed by atoms with Gasteiger partial charge >= 0.3 is 0 Å². The molecule has 1 aromatic heterocycles. The Morgan fingerprint density at radius 1 is 1.39 bits per heavy atom. The minimum atomic E-state index is -0.0120. The Hall–Kier alpha value is -1.36. The lowest BCUT2D eigenvalue weighted by atomic mass is 10.2. The average Bonchev–Trinajstić information content (AvgIpc) is 3.12. The van der Waals surface area contributed by atoms with Crippen molar-refractivity contribution in [2.24, 2.45) is 0 Å². The number of aromatic nitrogens is 2. The Morgan fingerprint density at radius 3 is 2.94 bits per heavy atom. The summed E-state index contributed by atoms with van der Waals surface area (Å²) in [5, 5.41) is 9.56. The van der Waals surface area contributed by atoms with Crippen molar-refractivity contribution in [2.45, 2.75) is 44.2 Å². The van der Waals surface area contributed by atoms with E-state index in [4.69, 9.17) is 0 Å². The molecule has 0 aromatic carbocycles. The third-order valence-corrected chi connectivity index (χ3v) is 4.16. The number of aromatic amines is 1. The SMILES string of the molecule is O=C(NC1CCN(C2CCCC2)C1)c1cn[nH]c1. The van der Waals surface area contributed by atoms with Gasteiger partial charge in [0.25, 0.3) is 5.91 Å². The molecule has 1 unspecified atom stereocenters. The van der Waals surface area contributed by atoms with Gasteiger partial charge < -0.3 is 5.32 Å². The first-order valence-corrected chi connectivity index (χ1v) is 6.86. The fourth-order valence-electron chi connectivity index (χ4n) is 3.15. The van der Waals surface area contributed by atoms with Crippen molar-refractivity contribution in [1.29, 1.82) is 0 Å². The van der Waals surface area contributed by atoms with E-state index in [1.807, 2.05) is 0 Å². The van der Waals surface area contributed by atoms with Crippen molar-refractivity contribution in [3.8, 4) is 0 Å². The molecule has 0 bridgehead atoms. The summed E-state index contributed by atoms with van der Waals surface area (Å²) in [6, 6.07) is 1.06. The van der Waals surface area contributed by atoms with Crippen molar-refractivity contribution in [2.75, 3.05) is 13.1 Å². The van der Waals surface area contributed by atoms with Gasteiger partial charge in [-0.15, -0.1) is 0 Å². The van der Waals surface area contributed by atoms with E-state index in [2.05, 4.69) is 20.4 Å². The lowest BCUT2D eigenvalue weighted by Gasteiger charge is -2.23. The molecule has 0 radical (unpaired) electrons. The van der Waals surface area contributed by atoms with Crippen LogP contribution < -0.4 is 5.32 Å². The zero-order chi connectivity index (χ0) is 12.4. The fourth-order valence-corrected chi connectivity index (χ4v) is 3.15. The number of carbonyl (C=O) groups is 1. The number of carbonyl (C=O) groups excluding carboxylic acids is 1. The Labute approximate surface area is 107 Å². The molecule has 1 atom stereocenters. The molecule has 2 fully saturated rings. The molecule has 5 heteroatoms. The largest absolute Gasteiger partial charge is 0.348 e. The number of nitrogens with one attached hydrogen (secondary N) is 2. The normalized spacial score (nSPS) is 25.7. The molecular formula is C13H20N4O. The van der Waals surface area contributed by atoms with Crippen molar-refractivity contribution < 1.29 is 4.79 Å². The zero-order valence-electron chi connectivity index (χ0n) is 10.6. The molecule has 2 heterocycles. The molecule has 1 aliphatic carbocycles. The van der Waals surface area contributed by atoms with Crippen molar-refractivity contribution in [1.82, 2.24) is 20.4 Å².